The minimum Gasteiger partial charge on any atom is -0.481 e. The number of amides is 1. The number of nitrogens with zero attached hydrogens (tertiary/aromatic N) is 1. The van der Waals surface area contributed by atoms with E-state index in [-0.39, 0.29) is 18.4 Å². The molecule has 0 spiro atoms. The van der Waals surface area contributed by atoms with Gasteiger partial charge in [0.1, 0.15) is 0 Å². The van der Waals surface area contributed by atoms with Crippen LogP contribution in [0.5, 0.6) is 0 Å². The van der Waals surface area contributed by atoms with E-state index in [4.69, 9.17) is 5.11 Å². The number of hydrogen-bond donors (Lipinski definition) is 3. The number of carbonyl (C=O) groups is 2. The second-order valence-electron chi connectivity index (χ2n) is 5.45. The summed E-state index contributed by atoms with van der Waals surface area (Å²) in [5.41, 5.74) is 1.58. The highest BCUT2D eigenvalue weighted by atomic mass is 16.4. The molecule has 1 saturated carbocycles. The van der Waals surface area contributed by atoms with Crippen LogP contribution in [0.4, 0.5) is 0 Å². The highest BCUT2D eigenvalue weighted by Crippen LogP contribution is 2.26. The van der Waals surface area contributed by atoms with Gasteiger partial charge >= 0.3 is 5.97 Å². The highest BCUT2D eigenvalue weighted by Gasteiger charge is 2.33. The molecule has 0 aliphatic heterocycles. The van der Waals surface area contributed by atoms with Gasteiger partial charge in [-0.25, -0.2) is 0 Å². The molecule has 1 aliphatic rings. The number of hydrogen-bond acceptors (Lipinski definition) is 3. The van der Waals surface area contributed by atoms with Crippen molar-refractivity contribution in [1.29, 1.82) is 0 Å². The summed E-state index contributed by atoms with van der Waals surface area (Å²) < 4.78 is 0. The maximum atomic E-state index is 12.1. The van der Waals surface area contributed by atoms with Crippen LogP contribution in [0.25, 0.3) is 10.9 Å². The molecule has 6 nitrogen and oxygen atoms in total. The van der Waals surface area contributed by atoms with Gasteiger partial charge in [0.25, 0.3) is 0 Å². The maximum Gasteiger partial charge on any atom is 0.308 e. The van der Waals surface area contributed by atoms with Crippen molar-refractivity contribution in [2.24, 2.45) is 5.92 Å². The van der Waals surface area contributed by atoms with Gasteiger partial charge in [0.15, 0.2) is 0 Å². The van der Waals surface area contributed by atoms with E-state index in [1.165, 1.54) is 0 Å². The number of carboxylic acid groups (broad SMARTS) is 1. The summed E-state index contributed by atoms with van der Waals surface area (Å²) in [7, 11) is 0. The SMILES string of the molecule is O=C(Cc1[nH]nc2ccccc12)N[C@H]1CCC[C@H]1C(=O)O. The zero-order valence-electron chi connectivity index (χ0n) is 11.5. The molecule has 0 saturated heterocycles. The molecule has 6 heteroatoms. The Kier molecular flexibility index (Phi) is 3.60. The molecule has 2 atom stereocenters. The number of rotatable bonds is 4. The van der Waals surface area contributed by atoms with Gasteiger partial charge in [-0.3, -0.25) is 14.7 Å². The van der Waals surface area contributed by atoms with E-state index in [0.717, 1.165) is 29.4 Å². The Morgan fingerprint density at radius 1 is 1.33 bits per heavy atom. The molecule has 1 heterocycles. The number of nitrogens with one attached hydrogen (secondary N) is 2. The number of carbonyl (C=O) groups excluding carboxylic acids is 1. The predicted octanol–water partition coefficient (Wildman–Crippen LogP) is 1.47. The van der Waals surface area contributed by atoms with Crippen LogP contribution < -0.4 is 5.32 Å². The molecule has 1 fully saturated rings. The van der Waals surface area contributed by atoms with Crippen LogP contribution in [0.1, 0.15) is 25.0 Å². The van der Waals surface area contributed by atoms with Gasteiger partial charge in [0.2, 0.25) is 5.91 Å². The maximum absolute atomic E-state index is 12.1. The Balaban J connectivity index is 1.68. The van der Waals surface area contributed by atoms with Crippen molar-refractivity contribution in [2.45, 2.75) is 31.7 Å². The van der Waals surface area contributed by atoms with Crippen LogP contribution in [0.3, 0.4) is 0 Å². The molecule has 110 valence electrons. The number of H-pyrrole nitrogens is 1. The number of benzene rings is 1. The topological polar surface area (TPSA) is 95.1 Å². The molecule has 1 aromatic heterocycles. The fourth-order valence-electron chi connectivity index (χ4n) is 3.00. The third-order valence-electron chi connectivity index (χ3n) is 4.06. The molecule has 0 unspecified atom stereocenters. The monoisotopic (exact) mass is 287 g/mol. The lowest BCUT2D eigenvalue weighted by molar-refractivity contribution is -0.142. The molecule has 0 bridgehead atoms. The number of fused-ring (bicyclic) bond motifs is 1. The van der Waals surface area contributed by atoms with Crippen LogP contribution in [-0.2, 0) is 16.0 Å². The summed E-state index contributed by atoms with van der Waals surface area (Å²) in [5, 5.41) is 19.9. The van der Waals surface area contributed by atoms with Gasteiger partial charge in [-0.05, 0) is 18.9 Å². The second-order valence-corrected chi connectivity index (χ2v) is 5.45. The Labute approximate surface area is 121 Å². The van der Waals surface area contributed by atoms with Gasteiger partial charge in [-0.2, -0.15) is 5.10 Å². The van der Waals surface area contributed by atoms with Gasteiger partial charge in [0.05, 0.1) is 23.5 Å². The van der Waals surface area contributed by atoms with E-state index in [1.807, 2.05) is 24.3 Å². The van der Waals surface area contributed by atoms with Gasteiger partial charge in [0, 0.05) is 11.4 Å². The Morgan fingerprint density at radius 2 is 2.14 bits per heavy atom. The first-order valence-corrected chi connectivity index (χ1v) is 7.09. The molecule has 21 heavy (non-hydrogen) atoms. The van der Waals surface area contributed by atoms with Crippen molar-refractivity contribution in [3.8, 4) is 0 Å². The number of carboxylic acids is 1. The van der Waals surface area contributed by atoms with Crippen molar-refractivity contribution >= 4 is 22.8 Å². The third kappa shape index (κ3) is 2.74. The smallest absolute Gasteiger partial charge is 0.308 e. The van der Waals surface area contributed by atoms with Crippen molar-refractivity contribution in [2.75, 3.05) is 0 Å². The molecule has 0 radical (unpaired) electrons. The van der Waals surface area contributed by atoms with Crippen LogP contribution in [-0.4, -0.2) is 33.2 Å². The molecule has 1 aromatic carbocycles. The zero-order chi connectivity index (χ0) is 14.8. The van der Waals surface area contributed by atoms with Crippen molar-refractivity contribution in [1.82, 2.24) is 15.5 Å². The largest absolute Gasteiger partial charge is 0.481 e. The highest BCUT2D eigenvalue weighted by molar-refractivity contribution is 5.87. The summed E-state index contributed by atoms with van der Waals surface area (Å²) in [6.45, 7) is 0. The lowest BCUT2D eigenvalue weighted by atomic mass is 10.0. The van der Waals surface area contributed by atoms with Crippen LogP contribution in [0.2, 0.25) is 0 Å². The van der Waals surface area contributed by atoms with E-state index < -0.39 is 11.9 Å². The molecule has 1 amide bonds. The fraction of sp³-hybridized carbons (Fsp3) is 0.400. The minimum atomic E-state index is -0.829. The summed E-state index contributed by atoms with van der Waals surface area (Å²) in [5.74, 6) is -1.46. The number of aliphatic carboxylic acids is 1. The number of aromatic nitrogens is 2. The zero-order valence-corrected chi connectivity index (χ0v) is 11.5. The lowest BCUT2D eigenvalue weighted by Crippen LogP contribution is -2.40. The molecular weight excluding hydrogens is 270 g/mol. The molecule has 2 aromatic rings. The van der Waals surface area contributed by atoms with Crippen molar-refractivity contribution < 1.29 is 14.7 Å². The molecule has 3 rings (SSSR count). The lowest BCUT2D eigenvalue weighted by Gasteiger charge is -2.17. The summed E-state index contributed by atoms with van der Waals surface area (Å²) in [6.07, 6.45) is 2.39. The van der Waals surface area contributed by atoms with Crippen molar-refractivity contribution in [3.63, 3.8) is 0 Å². The minimum absolute atomic E-state index is 0.164. The van der Waals surface area contributed by atoms with Gasteiger partial charge < -0.3 is 10.4 Å². The first kappa shape index (κ1) is 13.6. The quantitative estimate of drug-likeness (QED) is 0.793. The number of aromatic amines is 1. The summed E-state index contributed by atoms with van der Waals surface area (Å²) in [6, 6.07) is 7.32. The van der Waals surface area contributed by atoms with Crippen LogP contribution >= 0.6 is 0 Å². The Hall–Kier alpha value is -2.37. The van der Waals surface area contributed by atoms with Gasteiger partial charge in [-0.15, -0.1) is 0 Å². The van der Waals surface area contributed by atoms with E-state index in [9.17, 15) is 9.59 Å². The van der Waals surface area contributed by atoms with Crippen LogP contribution in [0.15, 0.2) is 24.3 Å². The van der Waals surface area contributed by atoms with Crippen molar-refractivity contribution in [3.05, 3.63) is 30.0 Å². The average Bonchev–Trinajstić information content (AvgIpc) is 3.06. The normalized spacial score (nSPS) is 21.5. The van der Waals surface area contributed by atoms with Gasteiger partial charge in [-0.1, -0.05) is 24.6 Å². The van der Waals surface area contributed by atoms with E-state index in [2.05, 4.69) is 15.5 Å². The summed E-state index contributed by atoms with van der Waals surface area (Å²) in [4.78, 5) is 23.2. The van der Waals surface area contributed by atoms with Crippen LogP contribution in [0, 0.1) is 5.92 Å². The predicted molar refractivity (Wildman–Crippen MR) is 76.7 cm³/mol. The molecule has 1 aliphatic carbocycles. The van der Waals surface area contributed by atoms with E-state index in [0.29, 0.717) is 6.42 Å². The third-order valence-corrected chi connectivity index (χ3v) is 4.06. The first-order valence-electron chi connectivity index (χ1n) is 7.09. The molecule has 3 N–H and O–H groups in total. The Bertz CT molecular complexity index is 680. The molecular formula is C15H17N3O3. The Morgan fingerprint density at radius 3 is 2.95 bits per heavy atom. The average molecular weight is 287 g/mol. The second kappa shape index (κ2) is 5.55. The van der Waals surface area contributed by atoms with E-state index in [1.54, 1.807) is 0 Å². The van der Waals surface area contributed by atoms with E-state index >= 15 is 0 Å². The number of para-hydroxylation sites is 1. The summed E-state index contributed by atoms with van der Waals surface area (Å²) >= 11 is 0. The first-order chi connectivity index (χ1) is 10.1. The fourth-order valence-corrected chi connectivity index (χ4v) is 3.00. The standard InChI is InChI=1S/C15H17N3O3/c19-14(16-11-7-3-5-10(11)15(20)21)8-13-9-4-1-2-6-12(9)17-18-13/h1-2,4,6,10-11H,3,5,7-8H2,(H,16,19)(H,17,18)(H,20,21)/t10-,11+/m1/s1.